The van der Waals surface area contributed by atoms with Crippen molar-refractivity contribution in [2.75, 3.05) is 11.9 Å². The first kappa shape index (κ1) is 21.5. The predicted octanol–water partition coefficient (Wildman–Crippen LogP) is 4.09. The van der Waals surface area contributed by atoms with E-state index in [9.17, 15) is 13.2 Å². The summed E-state index contributed by atoms with van der Waals surface area (Å²) in [4.78, 5) is 12.1. The number of sulfonamides is 1. The zero-order valence-electron chi connectivity index (χ0n) is 14.8. The number of nitrogens with one attached hydrogen (secondary N) is 2. The smallest absolute Gasteiger partial charge is 0.262 e. The maximum atomic E-state index is 12.2. The fourth-order valence-corrected chi connectivity index (χ4v) is 3.86. The molecule has 2 aromatic carbocycles. The lowest BCUT2D eigenvalue weighted by Crippen LogP contribution is -2.31. The van der Waals surface area contributed by atoms with E-state index in [1.807, 2.05) is 6.92 Å². The largest absolute Gasteiger partial charge is 0.482 e. The van der Waals surface area contributed by atoms with Gasteiger partial charge in [-0.05, 0) is 55.8 Å². The average molecular weight is 431 g/mol. The molecule has 2 aromatic rings. The number of anilines is 1. The molecule has 9 heteroatoms. The fraction of sp³-hybridized carbons (Fsp3) is 0.278. The quantitative estimate of drug-likeness (QED) is 0.660. The first-order valence-electron chi connectivity index (χ1n) is 8.21. The van der Waals surface area contributed by atoms with Crippen molar-refractivity contribution in [1.29, 1.82) is 0 Å². The van der Waals surface area contributed by atoms with Crippen LogP contribution >= 0.6 is 23.2 Å². The third-order valence-corrected chi connectivity index (χ3v) is 5.81. The van der Waals surface area contributed by atoms with E-state index in [-0.39, 0.29) is 17.5 Å². The molecule has 0 radical (unpaired) electrons. The van der Waals surface area contributed by atoms with Gasteiger partial charge in [0.05, 0.1) is 9.92 Å². The summed E-state index contributed by atoms with van der Waals surface area (Å²) in [6, 6.07) is 10.4. The molecule has 0 aliphatic heterocycles. The van der Waals surface area contributed by atoms with Crippen LogP contribution in [0, 0.1) is 0 Å². The second kappa shape index (κ2) is 9.41. The Bertz CT molecular complexity index is 902. The highest BCUT2D eigenvalue weighted by atomic mass is 35.5. The first-order chi connectivity index (χ1) is 12.7. The Morgan fingerprint density at radius 1 is 1.15 bits per heavy atom. The number of benzene rings is 2. The lowest BCUT2D eigenvalue weighted by Gasteiger charge is -2.13. The summed E-state index contributed by atoms with van der Waals surface area (Å²) in [5.74, 6) is -0.0665. The molecule has 146 valence electrons. The van der Waals surface area contributed by atoms with E-state index in [1.165, 1.54) is 30.3 Å². The van der Waals surface area contributed by atoms with Crippen LogP contribution in [0.4, 0.5) is 5.69 Å². The van der Waals surface area contributed by atoms with Crippen LogP contribution in [0.5, 0.6) is 5.75 Å². The number of carbonyl (C=O) groups is 1. The molecule has 0 saturated carbocycles. The Kier molecular flexibility index (Phi) is 7.49. The van der Waals surface area contributed by atoms with Gasteiger partial charge in [-0.3, -0.25) is 4.79 Å². The van der Waals surface area contributed by atoms with Gasteiger partial charge in [0, 0.05) is 16.8 Å². The summed E-state index contributed by atoms with van der Waals surface area (Å²) < 4.78 is 32.3. The minimum absolute atomic E-state index is 0.130. The second-order valence-corrected chi connectivity index (χ2v) is 8.42. The van der Waals surface area contributed by atoms with E-state index in [1.54, 1.807) is 19.1 Å². The average Bonchev–Trinajstić information content (AvgIpc) is 2.61. The maximum absolute atomic E-state index is 12.2. The summed E-state index contributed by atoms with van der Waals surface area (Å²) in [5.41, 5.74) is 0.452. The van der Waals surface area contributed by atoms with Gasteiger partial charge in [0.15, 0.2) is 6.61 Å². The minimum atomic E-state index is -3.58. The van der Waals surface area contributed by atoms with Crippen LogP contribution in [-0.4, -0.2) is 27.0 Å². The summed E-state index contributed by atoms with van der Waals surface area (Å²) >= 11 is 11.8. The van der Waals surface area contributed by atoms with Crippen molar-refractivity contribution in [3.63, 3.8) is 0 Å². The lowest BCUT2D eigenvalue weighted by atomic mass is 10.3. The van der Waals surface area contributed by atoms with Crippen LogP contribution in [0.3, 0.4) is 0 Å². The molecule has 0 bridgehead atoms. The van der Waals surface area contributed by atoms with Crippen molar-refractivity contribution in [3.05, 3.63) is 52.5 Å². The van der Waals surface area contributed by atoms with Gasteiger partial charge < -0.3 is 10.1 Å². The molecule has 0 spiro atoms. The molecule has 0 aliphatic carbocycles. The van der Waals surface area contributed by atoms with E-state index in [4.69, 9.17) is 27.9 Å². The molecule has 1 atom stereocenters. The maximum Gasteiger partial charge on any atom is 0.262 e. The number of carbonyl (C=O) groups excluding carboxylic acids is 1. The molecular weight excluding hydrogens is 411 g/mol. The van der Waals surface area contributed by atoms with E-state index >= 15 is 0 Å². The molecule has 1 unspecified atom stereocenters. The topological polar surface area (TPSA) is 84.5 Å². The first-order valence-corrected chi connectivity index (χ1v) is 10.4. The SMILES string of the molecule is CCC(C)NS(=O)(=O)c1ccc(NC(=O)COc2ccc(Cl)cc2Cl)cc1. The molecule has 0 heterocycles. The highest BCUT2D eigenvalue weighted by Crippen LogP contribution is 2.27. The van der Waals surface area contributed by atoms with E-state index in [0.29, 0.717) is 27.9 Å². The van der Waals surface area contributed by atoms with Gasteiger partial charge in [-0.1, -0.05) is 30.1 Å². The molecule has 0 aromatic heterocycles. The van der Waals surface area contributed by atoms with Crippen LogP contribution in [0.1, 0.15) is 20.3 Å². The molecule has 0 fully saturated rings. The van der Waals surface area contributed by atoms with Crippen molar-refractivity contribution in [3.8, 4) is 5.75 Å². The van der Waals surface area contributed by atoms with Crippen molar-refractivity contribution in [2.24, 2.45) is 0 Å². The normalized spacial score (nSPS) is 12.4. The zero-order chi connectivity index (χ0) is 20.0. The Balaban J connectivity index is 1.94. The van der Waals surface area contributed by atoms with Gasteiger partial charge in [0.1, 0.15) is 5.75 Å². The van der Waals surface area contributed by atoms with Crippen LogP contribution in [0.25, 0.3) is 0 Å². The number of halogens is 2. The molecule has 0 saturated heterocycles. The van der Waals surface area contributed by atoms with Crippen LogP contribution in [0.2, 0.25) is 10.0 Å². The monoisotopic (exact) mass is 430 g/mol. The highest BCUT2D eigenvalue weighted by Gasteiger charge is 2.16. The van der Waals surface area contributed by atoms with Gasteiger partial charge in [-0.15, -0.1) is 0 Å². The third kappa shape index (κ3) is 6.39. The van der Waals surface area contributed by atoms with E-state index in [2.05, 4.69) is 10.0 Å². The summed E-state index contributed by atoms with van der Waals surface area (Å²) in [6.07, 6.45) is 0.686. The summed E-state index contributed by atoms with van der Waals surface area (Å²) in [5, 5.41) is 3.40. The standard InChI is InChI=1S/C18H20Cl2N2O4S/c1-3-12(2)22-27(24,25)15-7-5-14(6-8-15)21-18(23)11-26-17-9-4-13(19)10-16(17)20/h4-10,12,22H,3,11H2,1-2H3,(H,21,23). The van der Waals surface area contributed by atoms with Crippen molar-refractivity contribution >= 4 is 44.8 Å². The predicted molar refractivity (Wildman–Crippen MR) is 107 cm³/mol. The van der Waals surface area contributed by atoms with Crippen LogP contribution in [-0.2, 0) is 14.8 Å². The Hall–Kier alpha value is -1.80. The zero-order valence-corrected chi connectivity index (χ0v) is 17.2. The number of ether oxygens (including phenoxy) is 1. The van der Waals surface area contributed by atoms with E-state index < -0.39 is 15.9 Å². The van der Waals surface area contributed by atoms with Crippen molar-refractivity contribution in [1.82, 2.24) is 4.72 Å². The van der Waals surface area contributed by atoms with Crippen LogP contribution < -0.4 is 14.8 Å². The van der Waals surface area contributed by atoms with Gasteiger partial charge in [-0.2, -0.15) is 0 Å². The summed E-state index contributed by atoms with van der Waals surface area (Å²) in [6.45, 7) is 3.43. The Labute approximate surface area is 168 Å². The van der Waals surface area contributed by atoms with Crippen molar-refractivity contribution < 1.29 is 17.9 Å². The molecule has 27 heavy (non-hydrogen) atoms. The van der Waals surface area contributed by atoms with Gasteiger partial charge >= 0.3 is 0 Å². The molecule has 1 amide bonds. The van der Waals surface area contributed by atoms with E-state index in [0.717, 1.165) is 0 Å². The lowest BCUT2D eigenvalue weighted by molar-refractivity contribution is -0.118. The number of hydrogen-bond acceptors (Lipinski definition) is 4. The van der Waals surface area contributed by atoms with Gasteiger partial charge in [0.2, 0.25) is 10.0 Å². The Morgan fingerprint density at radius 3 is 2.41 bits per heavy atom. The molecule has 2 N–H and O–H groups in total. The molecular formula is C18H20Cl2N2O4S. The van der Waals surface area contributed by atoms with Crippen LogP contribution in [0.15, 0.2) is 47.4 Å². The minimum Gasteiger partial charge on any atom is -0.482 e. The summed E-state index contributed by atoms with van der Waals surface area (Å²) in [7, 11) is -3.58. The van der Waals surface area contributed by atoms with Gasteiger partial charge in [0.25, 0.3) is 5.91 Å². The third-order valence-electron chi connectivity index (χ3n) is 3.67. The molecule has 2 rings (SSSR count). The molecule has 0 aliphatic rings. The Morgan fingerprint density at radius 2 is 1.81 bits per heavy atom. The second-order valence-electron chi connectivity index (χ2n) is 5.87. The number of rotatable bonds is 8. The molecule has 6 nitrogen and oxygen atoms in total. The number of amides is 1. The van der Waals surface area contributed by atoms with Crippen molar-refractivity contribution in [2.45, 2.75) is 31.2 Å². The highest BCUT2D eigenvalue weighted by molar-refractivity contribution is 7.89. The number of hydrogen-bond donors (Lipinski definition) is 2. The van der Waals surface area contributed by atoms with Gasteiger partial charge in [-0.25, -0.2) is 13.1 Å². The fourth-order valence-electron chi connectivity index (χ4n) is 2.07.